The zero-order valence-electron chi connectivity index (χ0n) is 10.4. The van der Waals surface area contributed by atoms with Crippen molar-refractivity contribution in [1.29, 1.82) is 0 Å². The second kappa shape index (κ2) is 4.30. The number of nitrogens with one attached hydrogen (secondary N) is 2. The largest absolute Gasteiger partial charge is 0.392 e. The van der Waals surface area contributed by atoms with Crippen molar-refractivity contribution in [3.63, 3.8) is 0 Å². The molecule has 18 heavy (non-hydrogen) atoms. The first kappa shape index (κ1) is 12.4. The average Bonchev–Trinajstić information content (AvgIpc) is 2.75. The summed E-state index contributed by atoms with van der Waals surface area (Å²) in [6, 6.07) is 0. The fourth-order valence-electron chi connectivity index (χ4n) is 1.65. The predicted octanol–water partition coefficient (Wildman–Crippen LogP) is -1.25. The van der Waals surface area contributed by atoms with Gasteiger partial charge in [0, 0.05) is 20.6 Å². The summed E-state index contributed by atoms with van der Waals surface area (Å²) in [5.41, 5.74) is -0.310. The van der Waals surface area contributed by atoms with Crippen molar-refractivity contribution in [2.24, 2.45) is 14.1 Å². The third-order valence-electron chi connectivity index (χ3n) is 2.66. The van der Waals surface area contributed by atoms with Crippen LogP contribution in [-0.4, -0.2) is 36.9 Å². The smallest absolute Gasteiger partial charge is 0.332 e. The molecule has 8 heteroatoms. The van der Waals surface area contributed by atoms with Crippen LogP contribution in [0.25, 0.3) is 11.2 Å². The number of aryl methyl sites for hydroxylation is 1. The summed E-state index contributed by atoms with van der Waals surface area (Å²) in [5.74, 6) is 0.351. The quantitative estimate of drug-likeness (QED) is 0.634. The monoisotopic (exact) mass is 253 g/mol. The van der Waals surface area contributed by atoms with E-state index >= 15 is 0 Å². The molecule has 98 valence electrons. The molecule has 2 aromatic rings. The van der Waals surface area contributed by atoms with E-state index in [9.17, 15) is 9.59 Å². The lowest BCUT2D eigenvalue weighted by atomic mass is 10.4. The Bertz CT molecular complexity index is 694. The van der Waals surface area contributed by atoms with E-state index in [2.05, 4.69) is 15.3 Å². The summed E-state index contributed by atoms with van der Waals surface area (Å²) in [7, 11) is 2.96. The lowest BCUT2D eigenvalue weighted by molar-refractivity contribution is 0.208. The zero-order chi connectivity index (χ0) is 13.4. The number of aliphatic hydroxyl groups excluding tert-OH is 1. The molecule has 0 fully saturated rings. The van der Waals surface area contributed by atoms with Crippen LogP contribution >= 0.6 is 0 Å². The van der Waals surface area contributed by atoms with Crippen molar-refractivity contribution < 1.29 is 5.11 Å². The number of aromatic nitrogens is 4. The van der Waals surface area contributed by atoms with Crippen LogP contribution in [0.4, 0.5) is 5.95 Å². The Labute approximate surface area is 102 Å². The number of aliphatic hydroxyl groups is 1. The van der Waals surface area contributed by atoms with Crippen molar-refractivity contribution in [2.75, 3.05) is 11.9 Å². The van der Waals surface area contributed by atoms with Gasteiger partial charge in [0.05, 0.1) is 6.10 Å². The molecule has 0 saturated heterocycles. The fraction of sp³-hybridized carbons (Fsp3) is 0.500. The maximum atomic E-state index is 11.9. The third kappa shape index (κ3) is 1.90. The normalized spacial score (nSPS) is 12.9. The topological polar surface area (TPSA) is 105 Å². The number of hydrogen-bond donors (Lipinski definition) is 3. The molecule has 0 spiro atoms. The van der Waals surface area contributed by atoms with E-state index in [-0.39, 0.29) is 11.2 Å². The van der Waals surface area contributed by atoms with E-state index in [0.717, 1.165) is 4.57 Å². The molecule has 0 radical (unpaired) electrons. The number of imidazole rings is 1. The van der Waals surface area contributed by atoms with Gasteiger partial charge in [-0.25, -0.2) is 4.79 Å². The van der Waals surface area contributed by atoms with Gasteiger partial charge >= 0.3 is 5.69 Å². The van der Waals surface area contributed by atoms with Crippen LogP contribution in [0.15, 0.2) is 9.59 Å². The van der Waals surface area contributed by atoms with E-state index in [4.69, 9.17) is 5.11 Å². The molecular formula is C10H15N5O3. The van der Waals surface area contributed by atoms with Gasteiger partial charge in [0.15, 0.2) is 11.2 Å². The van der Waals surface area contributed by atoms with E-state index in [1.807, 2.05) is 0 Å². The molecule has 0 aliphatic heterocycles. The Kier molecular flexibility index (Phi) is 2.95. The molecule has 1 atom stereocenters. The summed E-state index contributed by atoms with van der Waals surface area (Å²) in [5, 5.41) is 12.0. The van der Waals surface area contributed by atoms with Gasteiger partial charge in [-0.05, 0) is 6.92 Å². The summed E-state index contributed by atoms with van der Waals surface area (Å²) >= 11 is 0. The van der Waals surface area contributed by atoms with Gasteiger partial charge in [0.2, 0.25) is 5.95 Å². The first-order chi connectivity index (χ1) is 8.41. The van der Waals surface area contributed by atoms with Gasteiger partial charge in [-0.15, -0.1) is 0 Å². The highest BCUT2D eigenvalue weighted by molar-refractivity contribution is 5.72. The molecule has 0 unspecified atom stereocenters. The minimum Gasteiger partial charge on any atom is -0.392 e. The number of H-pyrrole nitrogens is 1. The summed E-state index contributed by atoms with van der Waals surface area (Å²) in [6.07, 6.45) is -0.537. The number of hydrogen-bond acceptors (Lipinski definition) is 5. The van der Waals surface area contributed by atoms with Crippen molar-refractivity contribution in [2.45, 2.75) is 13.0 Å². The molecule has 0 bridgehead atoms. The number of rotatable bonds is 3. The number of aromatic amines is 1. The molecule has 2 rings (SSSR count). The molecule has 2 heterocycles. The second-order valence-corrected chi connectivity index (χ2v) is 4.22. The van der Waals surface area contributed by atoms with E-state index in [0.29, 0.717) is 12.5 Å². The van der Waals surface area contributed by atoms with Gasteiger partial charge in [-0.3, -0.25) is 13.9 Å². The fourth-order valence-corrected chi connectivity index (χ4v) is 1.65. The summed E-state index contributed by atoms with van der Waals surface area (Å²) in [4.78, 5) is 30.5. The van der Waals surface area contributed by atoms with Crippen LogP contribution < -0.4 is 16.6 Å². The zero-order valence-corrected chi connectivity index (χ0v) is 10.4. The standard InChI is InChI=1S/C10H15N5O3/c1-5(16)4-11-9-12-6-7(13-9)14(2)10(18)15(3)8(6)17/h5,16H,4H2,1-3H3,(H2,11,12,13)/t5-/m0/s1. The van der Waals surface area contributed by atoms with E-state index < -0.39 is 17.4 Å². The highest BCUT2D eigenvalue weighted by atomic mass is 16.3. The van der Waals surface area contributed by atoms with Crippen molar-refractivity contribution in [1.82, 2.24) is 19.1 Å². The molecular weight excluding hydrogens is 238 g/mol. The van der Waals surface area contributed by atoms with Crippen LogP contribution in [0.2, 0.25) is 0 Å². The molecule has 0 aliphatic carbocycles. The Morgan fingerprint density at radius 2 is 2.06 bits per heavy atom. The lowest BCUT2D eigenvalue weighted by Crippen LogP contribution is -2.36. The first-order valence-corrected chi connectivity index (χ1v) is 5.49. The van der Waals surface area contributed by atoms with E-state index in [1.54, 1.807) is 14.0 Å². The Hall–Kier alpha value is -2.09. The van der Waals surface area contributed by atoms with Crippen LogP contribution in [0.5, 0.6) is 0 Å². The van der Waals surface area contributed by atoms with Gasteiger partial charge in [-0.1, -0.05) is 0 Å². The lowest BCUT2D eigenvalue weighted by Gasteiger charge is -2.03. The maximum absolute atomic E-state index is 11.9. The van der Waals surface area contributed by atoms with Gasteiger partial charge in [-0.2, -0.15) is 4.98 Å². The van der Waals surface area contributed by atoms with Crippen molar-refractivity contribution in [3.8, 4) is 0 Å². The third-order valence-corrected chi connectivity index (χ3v) is 2.66. The Morgan fingerprint density at radius 3 is 2.67 bits per heavy atom. The molecule has 0 aromatic carbocycles. The molecule has 0 amide bonds. The maximum Gasteiger partial charge on any atom is 0.332 e. The molecule has 8 nitrogen and oxygen atoms in total. The number of anilines is 1. The second-order valence-electron chi connectivity index (χ2n) is 4.22. The Morgan fingerprint density at radius 1 is 1.39 bits per heavy atom. The minimum absolute atomic E-state index is 0.257. The molecule has 3 N–H and O–H groups in total. The predicted molar refractivity (Wildman–Crippen MR) is 66.7 cm³/mol. The van der Waals surface area contributed by atoms with Crippen LogP contribution in [0, 0.1) is 0 Å². The Balaban J connectivity index is 2.58. The highest BCUT2D eigenvalue weighted by Gasteiger charge is 2.13. The SMILES string of the molecule is C[C@H](O)CNc1nc2c([nH]1)c(=O)n(C)c(=O)n2C. The first-order valence-electron chi connectivity index (χ1n) is 5.49. The highest BCUT2D eigenvalue weighted by Crippen LogP contribution is 2.07. The van der Waals surface area contributed by atoms with Gasteiger partial charge in [0.25, 0.3) is 5.56 Å². The van der Waals surface area contributed by atoms with Crippen LogP contribution in [0.1, 0.15) is 6.92 Å². The number of nitrogens with zero attached hydrogens (tertiary/aromatic N) is 3. The van der Waals surface area contributed by atoms with Crippen molar-refractivity contribution in [3.05, 3.63) is 20.8 Å². The van der Waals surface area contributed by atoms with Crippen LogP contribution in [0.3, 0.4) is 0 Å². The van der Waals surface area contributed by atoms with E-state index in [1.165, 1.54) is 11.6 Å². The summed E-state index contributed by atoms with van der Waals surface area (Å²) in [6.45, 7) is 1.93. The van der Waals surface area contributed by atoms with Crippen molar-refractivity contribution >= 4 is 17.1 Å². The molecule has 2 aromatic heterocycles. The van der Waals surface area contributed by atoms with Crippen LogP contribution in [-0.2, 0) is 14.1 Å². The van der Waals surface area contributed by atoms with Gasteiger partial charge in [0.1, 0.15) is 0 Å². The summed E-state index contributed by atoms with van der Waals surface area (Å²) < 4.78 is 2.31. The molecule has 0 aliphatic rings. The number of fused-ring (bicyclic) bond motifs is 1. The minimum atomic E-state index is -0.537. The van der Waals surface area contributed by atoms with Gasteiger partial charge < -0.3 is 15.4 Å². The average molecular weight is 253 g/mol. The molecule has 0 saturated carbocycles.